The molecule has 2 amide bonds. The second-order valence-electron chi connectivity index (χ2n) is 9.35. The van der Waals surface area contributed by atoms with Gasteiger partial charge in [-0.2, -0.15) is 0 Å². The van der Waals surface area contributed by atoms with Crippen LogP contribution < -0.4 is 5.43 Å². The number of carbonyl (C=O) groups excluding carboxylic acids is 2. The first-order chi connectivity index (χ1) is 13.4. The smallest absolute Gasteiger partial charge is 0.252 e. The van der Waals surface area contributed by atoms with Gasteiger partial charge in [-0.1, -0.05) is 0 Å². The molecule has 3 heterocycles. The van der Waals surface area contributed by atoms with E-state index >= 15 is 0 Å². The van der Waals surface area contributed by atoms with Crippen molar-refractivity contribution in [2.45, 2.75) is 83.1 Å². The third-order valence-corrected chi connectivity index (χ3v) is 7.78. The Bertz CT molecular complexity index is 608. The van der Waals surface area contributed by atoms with Crippen molar-refractivity contribution in [3.63, 3.8) is 0 Å². The Morgan fingerprint density at radius 2 is 1.89 bits per heavy atom. The summed E-state index contributed by atoms with van der Waals surface area (Å²) in [7, 11) is 2.11. The molecule has 7 unspecified atom stereocenters. The Morgan fingerprint density at radius 1 is 1.11 bits per heavy atom. The van der Waals surface area contributed by atoms with Gasteiger partial charge in [0.05, 0.1) is 12.1 Å². The highest BCUT2D eigenvalue weighted by atomic mass is 16.5. The fourth-order valence-electron chi connectivity index (χ4n) is 6.21. The lowest BCUT2D eigenvalue weighted by Crippen LogP contribution is -2.68. The minimum Gasteiger partial charge on any atom is -0.368 e. The molecule has 28 heavy (non-hydrogen) atoms. The Morgan fingerprint density at radius 3 is 2.50 bits per heavy atom. The number of ether oxygens (including phenoxy) is 1. The highest BCUT2D eigenvalue weighted by molar-refractivity contribution is 5.82. The van der Waals surface area contributed by atoms with Crippen molar-refractivity contribution in [1.29, 1.82) is 0 Å². The summed E-state index contributed by atoms with van der Waals surface area (Å²) in [6.45, 7) is 8.37. The molecule has 1 aliphatic carbocycles. The molecule has 3 saturated heterocycles. The van der Waals surface area contributed by atoms with Crippen molar-refractivity contribution in [2.24, 2.45) is 11.8 Å². The monoisotopic (exact) mass is 392 g/mol. The Labute approximate surface area is 168 Å². The third-order valence-electron chi connectivity index (χ3n) is 7.78. The summed E-state index contributed by atoms with van der Waals surface area (Å²) in [6.07, 6.45) is 4.62. The first-order valence-corrected chi connectivity index (χ1v) is 11.1. The summed E-state index contributed by atoms with van der Waals surface area (Å²) in [5, 5.41) is 2.22. The summed E-state index contributed by atoms with van der Waals surface area (Å²) in [5.74, 6) is 1.46. The van der Waals surface area contributed by atoms with Crippen LogP contribution in [0.4, 0.5) is 0 Å². The Hall–Kier alpha value is -1.18. The number of carbonyl (C=O) groups is 2. The normalized spacial score (nSPS) is 41.9. The topological polar surface area (TPSA) is 65.1 Å². The van der Waals surface area contributed by atoms with Crippen molar-refractivity contribution in [1.82, 2.24) is 20.2 Å². The Kier molecular flexibility index (Phi) is 5.69. The number of fused-ring (bicyclic) bond motifs is 1. The van der Waals surface area contributed by atoms with Crippen LogP contribution in [0.2, 0.25) is 0 Å². The zero-order chi connectivity index (χ0) is 20.0. The van der Waals surface area contributed by atoms with Crippen LogP contribution in [0.25, 0.3) is 0 Å². The van der Waals surface area contributed by atoms with Gasteiger partial charge in [-0.05, 0) is 57.8 Å². The summed E-state index contributed by atoms with van der Waals surface area (Å²) in [4.78, 5) is 29.9. The van der Waals surface area contributed by atoms with E-state index in [-0.39, 0.29) is 36.0 Å². The zero-order valence-corrected chi connectivity index (χ0v) is 17.8. The summed E-state index contributed by atoms with van der Waals surface area (Å²) in [6, 6.07) is 0.827. The second-order valence-corrected chi connectivity index (χ2v) is 9.35. The molecule has 4 rings (SSSR count). The number of amides is 2. The van der Waals surface area contributed by atoms with E-state index < -0.39 is 0 Å². The van der Waals surface area contributed by atoms with Crippen molar-refractivity contribution in [3.05, 3.63) is 0 Å². The molecule has 3 aliphatic heterocycles. The second kappa shape index (κ2) is 7.92. The fraction of sp³-hybridized carbons (Fsp3) is 0.905. The number of nitrogens with one attached hydrogen (secondary N) is 1. The first kappa shape index (κ1) is 20.1. The predicted octanol–water partition coefficient (Wildman–Crippen LogP) is 1.24. The van der Waals surface area contributed by atoms with Gasteiger partial charge in [0.25, 0.3) is 5.91 Å². The maximum Gasteiger partial charge on any atom is 0.252 e. The maximum absolute atomic E-state index is 13.3. The minimum absolute atomic E-state index is 0.0684. The van der Waals surface area contributed by atoms with Gasteiger partial charge in [0.1, 0.15) is 6.10 Å². The van der Waals surface area contributed by atoms with Crippen molar-refractivity contribution < 1.29 is 14.3 Å². The number of hydrazine groups is 1. The number of hydrogen-bond acceptors (Lipinski definition) is 5. The fourth-order valence-corrected chi connectivity index (χ4v) is 6.21. The number of nitrogens with zero attached hydrogens (tertiary/aromatic N) is 3. The molecule has 0 aromatic carbocycles. The SMILES string of the molecule is CC(=O)N1C(C)CN(C(=O)C2CCCO2)C2CC(C3CNN(C)C3C)CCC21. The van der Waals surface area contributed by atoms with Gasteiger partial charge < -0.3 is 14.5 Å². The van der Waals surface area contributed by atoms with Crippen molar-refractivity contribution >= 4 is 11.8 Å². The molecule has 1 saturated carbocycles. The molecule has 4 fully saturated rings. The van der Waals surface area contributed by atoms with Crippen LogP contribution in [-0.4, -0.2) is 83.6 Å². The molecule has 0 spiro atoms. The maximum atomic E-state index is 13.3. The molecule has 0 aromatic rings. The molecule has 0 bridgehead atoms. The van der Waals surface area contributed by atoms with Gasteiger partial charge >= 0.3 is 0 Å². The number of rotatable bonds is 2. The van der Waals surface area contributed by atoms with Crippen LogP contribution in [0, 0.1) is 11.8 Å². The molecular formula is C21H36N4O3. The molecule has 7 atom stereocenters. The Balaban J connectivity index is 1.57. The van der Waals surface area contributed by atoms with E-state index in [2.05, 4.69) is 41.1 Å². The third kappa shape index (κ3) is 3.46. The van der Waals surface area contributed by atoms with Crippen LogP contribution >= 0.6 is 0 Å². The largest absolute Gasteiger partial charge is 0.368 e. The van der Waals surface area contributed by atoms with Gasteiger partial charge in [0.15, 0.2) is 0 Å². The van der Waals surface area contributed by atoms with E-state index in [0.717, 1.165) is 38.6 Å². The molecule has 0 radical (unpaired) electrons. The van der Waals surface area contributed by atoms with Crippen molar-refractivity contribution in [3.8, 4) is 0 Å². The first-order valence-electron chi connectivity index (χ1n) is 11.1. The average molecular weight is 393 g/mol. The zero-order valence-electron chi connectivity index (χ0n) is 17.8. The van der Waals surface area contributed by atoms with E-state index in [9.17, 15) is 9.59 Å². The summed E-state index contributed by atoms with van der Waals surface area (Å²) >= 11 is 0. The average Bonchev–Trinajstić information content (AvgIpc) is 3.31. The van der Waals surface area contributed by atoms with E-state index in [4.69, 9.17) is 4.74 Å². The molecule has 158 valence electrons. The van der Waals surface area contributed by atoms with Gasteiger partial charge in [-0.15, -0.1) is 0 Å². The quantitative estimate of drug-likeness (QED) is 0.766. The van der Waals surface area contributed by atoms with Crippen LogP contribution in [-0.2, 0) is 14.3 Å². The lowest BCUT2D eigenvalue weighted by Gasteiger charge is -2.55. The molecule has 1 N–H and O–H groups in total. The van der Waals surface area contributed by atoms with Crippen LogP contribution in [0.3, 0.4) is 0 Å². The molecule has 4 aliphatic rings. The summed E-state index contributed by atoms with van der Waals surface area (Å²) < 4.78 is 5.73. The van der Waals surface area contributed by atoms with Gasteiger partial charge in [-0.25, -0.2) is 5.01 Å². The number of piperazine rings is 1. The van der Waals surface area contributed by atoms with E-state index in [1.54, 1.807) is 6.92 Å². The summed E-state index contributed by atoms with van der Waals surface area (Å²) in [5.41, 5.74) is 3.47. The van der Waals surface area contributed by atoms with Crippen LogP contribution in [0.1, 0.15) is 52.9 Å². The minimum atomic E-state index is -0.282. The van der Waals surface area contributed by atoms with E-state index in [1.807, 2.05) is 0 Å². The van der Waals surface area contributed by atoms with Crippen molar-refractivity contribution in [2.75, 3.05) is 26.7 Å². The van der Waals surface area contributed by atoms with Gasteiger partial charge in [0, 0.05) is 45.8 Å². The number of hydrogen-bond donors (Lipinski definition) is 1. The standard InChI is InChI=1S/C21H36N4O3/c1-13-12-24(21(27)20-6-5-9-28-20)19-10-16(17-11-22-23(4)14(17)2)7-8-18(19)25(13)15(3)26/h13-14,16-20,22H,5-12H2,1-4H3. The van der Waals surface area contributed by atoms with Crippen LogP contribution in [0.5, 0.6) is 0 Å². The molecular weight excluding hydrogens is 356 g/mol. The van der Waals surface area contributed by atoms with E-state index in [1.165, 1.54) is 0 Å². The molecule has 0 aromatic heterocycles. The van der Waals surface area contributed by atoms with E-state index in [0.29, 0.717) is 31.0 Å². The highest BCUT2D eigenvalue weighted by Crippen LogP contribution is 2.41. The lowest BCUT2D eigenvalue weighted by molar-refractivity contribution is -0.160. The van der Waals surface area contributed by atoms with Crippen LogP contribution in [0.15, 0.2) is 0 Å². The molecule has 7 nitrogen and oxygen atoms in total. The van der Waals surface area contributed by atoms with Gasteiger partial charge in [-0.3, -0.25) is 15.0 Å². The lowest BCUT2D eigenvalue weighted by atomic mass is 9.72. The predicted molar refractivity (Wildman–Crippen MR) is 106 cm³/mol. The molecule has 7 heteroatoms. The highest BCUT2D eigenvalue weighted by Gasteiger charge is 2.49. The van der Waals surface area contributed by atoms with Gasteiger partial charge in [0.2, 0.25) is 5.91 Å².